The molecule has 1 aromatic heterocycles. The van der Waals surface area contributed by atoms with Crippen molar-refractivity contribution in [1.82, 2.24) is 4.98 Å². The second-order valence-corrected chi connectivity index (χ2v) is 3.55. The van der Waals surface area contributed by atoms with Crippen molar-refractivity contribution in [2.24, 2.45) is 11.7 Å². The molecule has 1 aliphatic heterocycles. The molecule has 2 heterocycles. The molecule has 74 valence electrons. The maximum atomic E-state index is 10.5. The molecule has 0 aliphatic carbocycles. The van der Waals surface area contributed by atoms with E-state index in [0.29, 0.717) is 11.6 Å². The molecule has 1 aliphatic rings. The van der Waals surface area contributed by atoms with Gasteiger partial charge in [0.05, 0.1) is 0 Å². The van der Waals surface area contributed by atoms with Crippen LogP contribution in [0, 0.1) is 5.92 Å². The van der Waals surface area contributed by atoms with Crippen LogP contribution in [0.15, 0.2) is 18.2 Å². The van der Waals surface area contributed by atoms with Gasteiger partial charge in [-0.2, -0.15) is 0 Å². The van der Waals surface area contributed by atoms with E-state index in [2.05, 4.69) is 9.88 Å². The fourth-order valence-corrected chi connectivity index (χ4v) is 1.59. The van der Waals surface area contributed by atoms with E-state index in [1.165, 1.54) is 0 Å². The van der Waals surface area contributed by atoms with Crippen molar-refractivity contribution in [3.8, 4) is 0 Å². The molecule has 4 heteroatoms. The van der Waals surface area contributed by atoms with E-state index in [0.717, 1.165) is 31.7 Å². The predicted molar refractivity (Wildman–Crippen MR) is 54.4 cm³/mol. The normalized spacial score (nSPS) is 16.5. The number of aldehydes is 1. The zero-order chi connectivity index (χ0) is 9.97. The van der Waals surface area contributed by atoms with Crippen LogP contribution in [0.1, 0.15) is 10.5 Å². The van der Waals surface area contributed by atoms with Crippen LogP contribution in [0.4, 0.5) is 5.82 Å². The number of hydrogen-bond acceptors (Lipinski definition) is 4. The van der Waals surface area contributed by atoms with Gasteiger partial charge in [0.15, 0.2) is 6.29 Å². The summed E-state index contributed by atoms with van der Waals surface area (Å²) in [5.41, 5.74) is 6.01. The van der Waals surface area contributed by atoms with E-state index < -0.39 is 0 Å². The van der Waals surface area contributed by atoms with Gasteiger partial charge in [-0.05, 0) is 18.7 Å². The highest BCUT2D eigenvalue weighted by Crippen LogP contribution is 2.21. The largest absolute Gasteiger partial charge is 0.356 e. The third kappa shape index (κ3) is 1.61. The van der Waals surface area contributed by atoms with E-state index in [4.69, 9.17) is 5.73 Å². The molecule has 2 rings (SSSR count). The lowest BCUT2D eigenvalue weighted by Crippen LogP contribution is -2.50. The average molecular weight is 191 g/mol. The van der Waals surface area contributed by atoms with Crippen LogP contribution >= 0.6 is 0 Å². The quantitative estimate of drug-likeness (QED) is 0.697. The highest BCUT2D eigenvalue weighted by molar-refractivity contribution is 5.72. The maximum Gasteiger partial charge on any atom is 0.168 e. The molecule has 0 aromatic carbocycles. The molecule has 1 aromatic rings. The molecule has 14 heavy (non-hydrogen) atoms. The summed E-state index contributed by atoms with van der Waals surface area (Å²) in [4.78, 5) is 16.8. The SMILES string of the molecule is NCC1CN(c2cccc(C=O)n2)C1. The Kier molecular flexibility index (Phi) is 2.45. The summed E-state index contributed by atoms with van der Waals surface area (Å²) >= 11 is 0. The molecule has 0 unspecified atom stereocenters. The van der Waals surface area contributed by atoms with E-state index in [-0.39, 0.29) is 0 Å². The summed E-state index contributed by atoms with van der Waals surface area (Å²) < 4.78 is 0. The Morgan fingerprint density at radius 2 is 2.36 bits per heavy atom. The van der Waals surface area contributed by atoms with Crippen LogP contribution in [0.2, 0.25) is 0 Å². The van der Waals surface area contributed by atoms with Gasteiger partial charge in [-0.3, -0.25) is 4.79 Å². The summed E-state index contributed by atoms with van der Waals surface area (Å²) in [6.07, 6.45) is 0.768. The molecule has 0 saturated carbocycles. The lowest BCUT2D eigenvalue weighted by atomic mass is 10.0. The predicted octanol–water partition coefficient (Wildman–Crippen LogP) is 0.289. The van der Waals surface area contributed by atoms with E-state index in [1.807, 2.05) is 12.1 Å². The highest BCUT2D eigenvalue weighted by Gasteiger charge is 2.26. The van der Waals surface area contributed by atoms with Gasteiger partial charge in [0.1, 0.15) is 11.5 Å². The van der Waals surface area contributed by atoms with E-state index in [1.54, 1.807) is 6.07 Å². The molecule has 1 fully saturated rings. The van der Waals surface area contributed by atoms with Crippen molar-refractivity contribution >= 4 is 12.1 Å². The summed E-state index contributed by atoms with van der Waals surface area (Å²) in [5, 5.41) is 0. The van der Waals surface area contributed by atoms with Crippen LogP contribution in [-0.2, 0) is 0 Å². The zero-order valence-electron chi connectivity index (χ0n) is 7.89. The maximum absolute atomic E-state index is 10.5. The van der Waals surface area contributed by atoms with Crippen LogP contribution in [0.25, 0.3) is 0 Å². The summed E-state index contributed by atoms with van der Waals surface area (Å²) in [7, 11) is 0. The number of rotatable bonds is 3. The fourth-order valence-electron chi connectivity index (χ4n) is 1.59. The number of pyridine rings is 1. The monoisotopic (exact) mass is 191 g/mol. The molecule has 0 radical (unpaired) electrons. The highest BCUT2D eigenvalue weighted by atomic mass is 16.1. The van der Waals surface area contributed by atoms with Gasteiger partial charge in [-0.25, -0.2) is 4.98 Å². The van der Waals surface area contributed by atoms with Gasteiger partial charge in [-0.1, -0.05) is 6.07 Å². The van der Waals surface area contributed by atoms with Gasteiger partial charge in [0.25, 0.3) is 0 Å². The Hall–Kier alpha value is -1.42. The third-order valence-corrected chi connectivity index (χ3v) is 2.49. The van der Waals surface area contributed by atoms with Crippen LogP contribution in [0.3, 0.4) is 0 Å². The van der Waals surface area contributed by atoms with Crippen molar-refractivity contribution < 1.29 is 4.79 Å². The molecule has 1 saturated heterocycles. The first-order valence-electron chi connectivity index (χ1n) is 4.70. The molecule has 0 bridgehead atoms. The van der Waals surface area contributed by atoms with Gasteiger partial charge in [0.2, 0.25) is 0 Å². The minimum Gasteiger partial charge on any atom is -0.356 e. The number of nitrogens with two attached hydrogens (primary N) is 1. The Labute approximate surface area is 82.7 Å². The number of carbonyl (C=O) groups is 1. The second-order valence-electron chi connectivity index (χ2n) is 3.55. The Balaban J connectivity index is 2.07. The fraction of sp³-hybridized carbons (Fsp3) is 0.400. The van der Waals surface area contributed by atoms with Gasteiger partial charge < -0.3 is 10.6 Å². The summed E-state index contributed by atoms with van der Waals surface area (Å²) in [6, 6.07) is 5.47. The molecule has 0 atom stereocenters. The summed E-state index contributed by atoms with van der Waals surface area (Å²) in [5.74, 6) is 1.45. The molecule has 4 nitrogen and oxygen atoms in total. The van der Waals surface area contributed by atoms with E-state index >= 15 is 0 Å². The minimum atomic E-state index is 0.485. The van der Waals surface area contributed by atoms with Crippen LogP contribution < -0.4 is 10.6 Å². The van der Waals surface area contributed by atoms with Gasteiger partial charge in [0, 0.05) is 19.0 Å². The first kappa shape index (κ1) is 9.15. The van der Waals surface area contributed by atoms with Crippen LogP contribution in [0.5, 0.6) is 0 Å². The molecule has 0 amide bonds. The van der Waals surface area contributed by atoms with Crippen LogP contribution in [-0.4, -0.2) is 30.9 Å². The molecule has 2 N–H and O–H groups in total. The smallest absolute Gasteiger partial charge is 0.168 e. The van der Waals surface area contributed by atoms with Gasteiger partial charge in [-0.15, -0.1) is 0 Å². The standard InChI is InChI=1S/C10H13N3O/c11-4-8-5-13(6-8)10-3-1-2-9(7-14)12-10/h1-3,7-8H,4-6,11H2. The molecular formula is C10H13N3O. The Bertz CT molecular complexity index is 334. The Morgan fingerprint density at radius 3 is 3.00 bits per heavy atom. The first-order valence-corrected chi connectivity index (χ1v) is 4.70. The minimum absolute atomic E-state index is 0.485. The number of anilines is 1. The molecule has 0 spiro atoms. The second kappa shape index (κ2) is 3.75. The lowest BCUT2D eigenvalue weighted by Gasteiger charge is -2.39. The lowest BCUT2D eigenvalue weighted by molar-refractivity contribution is 0.111. The van der Waals surface area contributed by atoms with Gasteiger partial charge >= 0.3 is 0 Å². The van der Waals surface area contributed by atoms with Crippen molar-refractivity contribution in [2.75, 3.05) is 24.5 Å². The topological polar surface area (TPSA) is 59.2 Å². The number of carbonyl (C=O) groups excluding carboxylic acids is 1. The van der Waals surface area contributed by atoms with Crippen molar-refractivity contribution in [3.05, 3.63) is 23.9 Å². The average Bonchev–Trinajstić information content (AvgIpc) is 2.17. The van der Waals surface area contributed by atoms with Crippen molar-refractivity contribution in [1.29, 1.82) is 0 Å². The number of nitrogens with zero attached hydrogens (tertiary/aromatic N) is 2. The Morgan fingerprint density at radius 1 is 1.57 bits per heavy atom. The molecular weight excluding hydrogens is 178 g/mol. The summed E-state index contributed by atoms with van der Waals surface area (Å²) in [6.45, 7) is 2.63. The number of aromatic nitrogens is 1. The first-order chi connectivity index (χ1) is 6.83. The van der Waals surface area contributed by atoms with E-state index in [9.17, 15) is 4.79 Å². The third-order valence-electron chi connectivity index (χ3n) is 2.49. The number of hydrogen-bond donors (Lipinski definition) is 1. The van der Waals surface area contributed by atoms with Crippen molar-refractivity contribution in [3.63, 3.8) is 0 Å². The van der Waals surface area contributed by atoms with Crippen molar-refractivity contribution in [2.45, 2.75) is 0 Å². The zero-order valence-corrected chi connectivity index (χ0v) is 7.89.